The average molecular weight is 325 g/mol. The first-order valence-electron chi connectivity index (χ1n) is 6.52. The van der Waals surface area contributed by atoms with Crippen molar-refractivity contribution < 1.29 is 19.9 Å². The maximum Gasteiger partial charge on any atom is 0.297 e. The van der Waals surface area contributed by atoms with Gasteiger partial charge in [-0.1, -0.05) is 23.9 Å². The molecular weight excluding hydrogens is 310 g/mol. The molecule has 2 unspecified atom stereocenters. The number of aromatic amines is 1. The lowest BCUT2D eigenvalue weighted by atomic mass is 10.0. The van der Waals surface area contributed by atoms with Gasteiger partial charge in [-0.3, -0.25) is 20.0 Å². The van der Waals surface area contributed by atoms with Gasteiger partial charge in [-0.2, -0.15) is 5.10 Å². The van der Waals surface area contributed by atoms with Crippen molar-refractivity contribution in [3.05, 3.63) is 34.0 Å². The minimum Gasteiger partial charge on any atom is -0.390 e. The topological polar surface area (TPSA) is 129 Å². The number of aromatic nitrogens is 2. The van der Waals surface area contributed by atoms with Crippen molar-refractivity contribution in [2.24, 2.45) is 0 Å². The minimum absolute atomic E-state index is 0.0655. The smallest absolute Gasteiger partial charge is 0.297 e. The molecule has 0 amide bonds. The van der Waals surface area contributed by atoms with Gasteiger partial charge in [0.25, 0.3) is 5.69 Å². The summed E-state index contributed by atoms with van der Waals surface area (Å²) in [5, 5.41) is 37.8. The normalized spacial score (nSPS) is 14.0. The molecule has 0 spiro atoms. The second-order valence-corrected chi connectivity index (χ2v) is 5.98. The first kappa shape index (κ1) is 16.4. The van der Waals surface area contributed by atoms with Gasteiger partial charge in [0.1, 0.15) is 6.10 Å². The van der Waals surface area contributed by atoms with Crippen molar-refractivity contribution in [1.29, 1.82) is 0 Å². The van der Waals surface area contributed by atoms with E-state index in [2.05, 4.69) is 10.2 Å². The SMILES string of the molecule is CC(=O)SCCC(O)C(O)c1[nH]nc2c([N+](=O)[O-])cccc12. The Morgan fingerprint density at radius 3 is 2.86 bits per heavy atom. The van der Waals surface area contributed by atoms with E-state index in [9.17, 15) is 25.1 Å². The quantitative estimate of drug-likeness (QED) is 0.542. The van der Waals surface area contributed by atoms with Crippen molar-refractivity contribution in [3.8, 4) is 0 Å². The summed E-state index contributed by atoms with van der Waals surface area (Å²) in [5.74, 6) is 0.375. The van der Waals surface area contributed by atoms with E-state index in [1.54, 1.807) is 6.07 Å². The molecule has 0 saturated heterocycles. The van der Waals surface area contributed by atoms with Crippen LogP contribution in [0.1, 0.15) is 25.1 Å². The van der Waals surface area contributed by atoms with Crippen molar-refractivity contribution in [1.82, 2.24) is 10.2 Å². The summed E-state index contributed by atoms with van der Waals surface area (Å²) >= 11 is 1.06. The van der Waals surface area contributed by atoms with Crippen LogP contribution in [0.25, 0.3) is 10.9 Å². The van der Waals surface area contributed by atoms with Crippen LogP contribution in [-0.4, -0.2) is 42.3 Å². The molecule has 2 atom stereocenters. The monoisotopic (exact) mass is 325 g/mol. The molecule has 8 nitrogen and oxygen atoms in total. The molecule has 0 radical (unpaired) electrons. The van der Waals surface area contributed by atoms with Crippen molar-refractivity contribution in [3.63, 3.8) is 0 Å². The molecule has 0 bridgehead atoms. The standard InChI is InChI=1S/C13H15N3O5S/c1-7(17)22-6-5-10(18)13(19)12-8-3-2-4-9(16(20)21)11(8)14-15-12/h2-4,10,13,18-19H,5-6H2,1H3,(H,14,15). The highest BCUT2D eigenvalue weighted by Crippen LogP contribution is 2.30. The number of carbonyl (C=O) groups excluding carboxylic acids is 1. The van der Waals surface area contributed by atoms with Gasteiger partial charge in [0, 0.05) is 24.1 Å². The highest BCUT2D eigenvalue weighted by atomic mass is 32.2. The molecule has 0 aliphatic carbocycles. The van der Waals surface area contributed by atoms with Crippen LogP contribution < -0.4 is 0 Å². The third-order valence-corrected chi connectivity index (χ3v) is 4.02. The molecule has 2 aromatic rings. The van der Waals surface area contributed by atoms with Gasteiger partial charge in [0.05, 0.1) is 16.7 Å². The Labute approximate surface area is 129 Å². The number of nitrogens with zero attached hydrogens (tertiary/aromatic N) is 2. The van der Waals surface area contributed by atoms with Gasteiger partial charge in [-0.05, 0) is 6.42 Å². The van der Waals surface area contributed by atoms with Gasteiger partial charge in [0.2, 0.25) is 0 Å². The van der Waals surface area contributed by atoms with Gasteiger partial charge in [-0.25, -0.2) is 0 Å². The number of thioether (sulfide) groups is 1. The van der Waals surface area contributed by atoms with Crippen molar-refractivity contribution >= 4 is 33.5 Å². The van der Waals surface area contributed by atoms with Crippen LogP contribution >= 0.6 is 11.8 Å². The number of nitro benzene ring substituents is 1. The molecule has 0 fully saturated rings. The lowest BCUT2D eigenvalue weighted by molar-refractivity contribution is -0.383. The zero-order valence-corrected chi connectivity index (χ0v) is 12.5. The number of benzene rings is 1. The number of nitro groups is 1. The lowest BCUT2D eigenvalue weighted by Crippen LogP contribution is -2.19. The summed E-state index contributed by atoms with van der Waals surface area (Å²) in [4.78, 5) is 21.2. The fourth-order valence-corrected chi connectivity index (χ4v) is 2.74. The number of fused-ring (bicyclic) bond motifs is 1. The molecular formula is C13H15N3O5S. The molecule has 1 aromatic carbocycles. The van der Waals surface area contributed by atoms with E-state index in [0.717, 1.165) is 11.8 Å². The fourth-order valence-electron chi connectivity index (χ4n) is 2.09. The Morgan fingerprint density at radius 1 is 1.50 bits per heavy atom. The molecule has 9 heteroatoms. The van der Waals surface area contributed by atoms with E-state index in [4.69, 9.17) is 0 Å². The molecule has 0 aliphatic heterocycles. The lowest BCUT2D eigenvalue weighted by Gasteiger charge is -2.16. The number of nitrogens with one attached hydrogen (secondary N) is 1. The van der Waals surface area contributed by atoms with E-state index in [0.29, 0.717) is 11.1 Å². The van der Waals surface area contributed by atoms with Crippen LogP contribution in [0, 0.1) is 10.1 Å². The zero-order chi connectivity index (χ0) is 16.3. The number of carbonyl (C=O) groups is 1. The number of rotatable bonds is 6. The van der Waals surface area contributed by atoms with E-state index < -0.39 is 17.1 Å². The fraction of sp³-hybridized carbons (Fsp3) is 0.385. The van der Waals surface area contributed by atoms with Crippen LogP contribution in [0.3, 0.4) is 0 Å². The van der Waals surface area contributed by atoms with Gasteiger partial charge in [0.15, 0.2) is 10.6 Å². The predicted octanol–water partition coefficient (Wildman–Crippen LogP) is 1.54. The maximum atomic E-state index is 10.9. The number of aliphatic hydroxyl groups excluding tert-OH is 2. The summed E-state index contributed by atoms with van der Waals surface area (Å²) in [6.07, 6.45) is -2.16. The van der Waals surface area contributed by atoms with E-state index in [1.807, 2.05) is 0 Å². The summed E-state index contributed by atoms with van der Waals surface area (Å²) in [7, 11) is 0. The van der Waals surface area contributed by atoms with Crippen LogP contribution in [0.2, 0.25) is 0 Å². The number of hydrogen-bond acceptors (Lipinski definition) is 7. The van der Waals surface area contributed by atoms with E-state index in [-0.39, 0.29) is 28.4 Å². The maximum absolute atomic E-state index is 10.9. The summed E-state index contributed by atoms with van der Waals surface area (Å²) in [6.45, 7) is 1.43. The van der Waals surface area contributed by atoms with Gasteiger partial charge in [-0.15, -0.1) is 0 Å². The van der Waals surface area contributed by atoms with Crippen molar-refractivity contribution in [2.75, 3.05) is 5.75 Å². The van der Waals surface area contributed by atoms with Gasteiger partial charge < -0.3 is 10.2 Å². The summed E-state index contributed by atoms with van der Waals surface area (Å²) in [6, 6.07) is 4.39. The molecule has 1 heterocycles. The Kier molecular flexibility index (Phi) is 5.11. The summed E-state index contributed by atoms with van der Waals surface area (Å²) in [5.41, 5.74) is 0.180. The van der Waals surface area contributed by atoms with Crippen LogP contribution in [0.5, 0.6) is 0 Å². The highest BCUT2D eigenvalue weighted by molar-refractivity contribution is 8.13. The number of hydrogen-bond donors (Lipinski definition) is 3. The number of non-ortho nitro benzene ring substituents is 1. The highest BCUT2D eigenvalue weighted by Gasteiger charge is 2.25. The largest absolute Gasteiger partial charge is 0.390 e. The van der Waals surface area contributed by atoms with E-state index in [1.165, 1.54) is 19.1 Å². The second-order valence-electron chi connectivity index (χ2n) is 4.71. The predicted molar refractivity (Wildman–Crippen MR) is 81.5 cm³/mol. The first-order chi connectivity index (χ1) is 10.4. The second kappa shape index (κ2) is 6.86. The molecule has 2 rings (SSSR count). The molecule has 1 aromatic heterocycles. The molecule has 118 valence electrons. The zero-order valence-electron chi connectivity index (χ0n) is 11.7. The summed E-state index contributed by atoms with van der Waals surface area (Å²) < 4.78 is 0. The number of para-hydroxylation sites is 1. The average Bonchev–Trinajstić information content (AvgIpc) is 2.89. The Hall–Kier alpha value is -1.97. The minimum atomic E-state index is -1.26. The third kappa shape index (κ3) is 3.43. The number of H-pyrrole nitrogens is 1. The van der Waals surface area contributed by atoms with E-state index >= 15 is 0 Å². The van der Waals surface area contributed by atoms with Gasteiger partial charge >= 0.3 is 0 Å². The van der Waals surface area contributed by atoms with Crippen molar-refractivity contribution in [2.45, 2.75) is 25.6 Å². The van der Waals surface area contributed by atoms with Crippen LogP contribution in [0.4, 0.5) is 5.69 Å². The molecule has 0 aliphatic rings. The third-order valence-electron chi connectivity index (χ3n) is 3.17. The Balaban J connectivity index is 2.21. The van der Waals surface area contributed by atoms with Crippen LogP contribution in [0.15, 0.2) is 18.2 Å². The Morgan fingerprint density at radius 2 is 2.23 bits per heavy atom. The van der Waals surface area contributed by atoms with Crippen LogP contribution in [-0.2, 0) is 4.79 Å². The number of aliphatic hydroxyl groups is 2. The first-order valence-corrected chi connectivity index (χ1v) is 7.51. The molecule has 22 heavy (non-hydrogen) atoms. The Bertz CT molecular complexity index is 702. The molecule has 3 N–H and O–H groups in total. The molecule has 0 saturated carbocycles.